The first-order chi connectivity index (χ1) is 14.6. The maximum Gasteiger partial charge on any atom is 0.219 e. The fourth-order valence-corrected chi connectivity index (χ4v) is 3.61. The molecule has 1 amide bonds. The lowest BCUT2D eigenvalue weighted by Crippen LogP contribution is -2.26. The number of amides is 1. The number of nitrogens with one attached hydrogen (secondary N) is 1. The van der Waals surface area contributed by atoms with Crippen molar-refractivity contribution in [2.24, 2.45) is 0 Å². The normalized spacial score (nSPS) is 11.0. The number of hydrogen-bond donors (Lipinski definition) is 1. The van der Waals surface area contributed by atoms with Crippen LogP contribution < -0.4 is 10.1 Å². The van der Waals surface area contributed by atoms with Crippen LogP contribution in [0.2, 0.25) is 0 Å². The van der Waals surface area contributed by atoms with Crippen LogP contribution in [0.5, 0.6) is 5.75 Å². The first-order valence-electron chi connectivity index (χ1n) is 11.0. The Morgan fingerprint density at radius 3 is 2.80 bits per heavy atom. The lowest BCUT2D eigenvalue weighted by atomic mass is 10.1. The molecule has 0 bridgehead atoms. The number of rotatable bonds is 11. The number of nitrogens with zero attached hydrogens (tertiary/aromatic N) is 2. The number of hydrogen-bond acceptors (Lipinski definition) is 3. The Morgan fingerprint density at radius 1 is 1.13 bits per heavy atom. The van der Waals surface area contributed by atoms with Crippen LogP contribution >= 0.6 is 0 Å². The van der Waals surface area contributed by atoms with E-state index in [1.54, 1.807) is 0 Å². The third kappa shape index (κ3) is 5.85. The highest BCUT2D eigenvalue weighted by Gasteiger charge is 2.11. The third-order valence-corrected chi connectivity index (χ3v) is 5.26. The molecule has 0 fully saturated rings. The molecule has 160 valence electrons. The number of benzene rings is 2. The molecule has 0 unspecified atom stereocenters. The molecule has 2 aromatic carbocycles. The maximum absolute atomic E-state index is 11.7. The van der Waals surface area contributed by atoms with E-state index in [4.69, 9.17) is 9.72 Å². The van der Waals surface area contributed by atoms with E-state index in [-0.39, 0.29) is 5.91 Å². The van der Waals surface area contributed by atoms with Gasteiger partial charge in [0.05, 0.1) is 17.6 Å². The summed E-state index contributed by atoms with van der Waals surface area (Å²) < 4.78 is 8.29. The molecule has 1 heterocycles. The van der Waals surface area contributed by atoms with Crippen molar-refractivity contribution in [3.63, 3.8) is 0 Å². The smallest absolute Gasteiger partial charge is 0.219 e. The van der Waals surface area contributed by atoms with Crippen molar-refractivity contribution in [2.45, 2.75) is 59.4 Å². The molecule has 0 spiro atoms. The fraction of sp³-hybridized carbons (Fsp3) is 0.440. The highest BCUT2D eigenvalue weighted by Crippen LogP contribution is 2.20. The molecule has 5 heteroatoms. The highest BCUT2D eigenvalue weighted by atomic mass is 16.5. The maximum atomic E-state index is 11.7. The van der Waals surface area contributed by atoms with E-state index in [1.807, 2.05) is 13.0 Å². The van der Waals surface area contributed by atoms with Gasteiger partial charge in [-0.3, -0.25) is 4.79 Å². The van der Waals surface area contributed by atoms with Crippen LogP contribution in [-0.4, -0.2) is 28.6 Å². The number of para-hydroxylation sites is 2. The molecule has 1 N–H and O–H groups in total. The van der Waals surface area contributed by atoms with Gasteiger partial charge in [-0.2, -0.15) is 0 Å². The minimum Gasteiger partial charge on any atom is -0.493 e. The van der Waals surface area contributed by atoms with Gasteiger partial charge in [0.1, 0.15) is 11.6 Å². The average molecular weight is 408 g/mol. The van der Waals surface area contributed by atoms with Gasteiger partial charge in [-0.15, -0.1) is 0 Å². The van der Waals surface area contributed by atoms with E-state index in [0.29, 0.717) is 19.6 Å². The number of fused-ring (bicyclic) bond motifs is 1. The molecule has 0 atom stereocenters. The molecule has 5 nitrogen and oxygen atoms in total. The zero-order chi connectivity index (χ0) is 21.3. The monoisotopic (exact) mass is 407 g/mol. The second kappa shape index (κ2) is 10.8. The highest BCUT2D eigenvalue weighted by molar-refractivity contribution is 5.76. The molecule has 0 aliphatic carbocycles. The molecular formula is C25H33N3O2. The summed E-state index contributed by atoms with van der Waals surface area (Å²) >= 11 is 0. The molecule has 3 aromatic rings. The number of aromatic nitrogens is 2. The van der Waals surface area contributed by atoms with E-state index >= 15 is 0 Å². The van der Waals surface area contributed by atoms with Gasteiger partial charge < -0.3 is 14.6 Å². The van der Waals surface area contributed by atoms with Gasteiger partial charge >= 0.3 is 0 Å². The van der Waals surface area contributed by atoms with Crippen LogP contribution in [0.15, 0.2) is 42.5 Å². The summed E-state index contributed by atoms with van der Waals surface area (Å²) in [4.78, 5) is 16.5. The summed E-state index contributed by atoms with van der Waals surface area (Å²) in [7, 11) is 0. The van der Waals surface area contributed by atoms with Gasteiger partial charge in [0, 0.05) is 25.9 Å². The van der Waals surface area contributed by atoms with E-state index in [0.717, 1.165) is 54.8 Å². The Balaban J connectivity index is 1.56. The van der Waals surface area contributed by atoms with Crippen LogP contribution in [-0.2, 0) is 17.8 Å². The number of carbonyl (C=O) groups excluding carboxylic acids is 1. The van der Waals surface area contributed by atoms with Crippen LogP contribution in [0, 0.1) is 13.8 Å². The quantitative estimate of drug-likeness (QED) is 0.457. The Kier molecular flexibility index (Phi) is 7.89. The third-order valence-electron chi connectivity index (χ3n) is 5.26. The molecule has 30 heavy (non-hydrogen) atoms. The minimum absolute atomic E-state index is 0.115. The second-order valence-corrected chi connectivity index (χ2v) is 7.84. The first-order valence-corrected chi connectivity index (χ1v) is 11.0. The SMILES string of the molecule is CCCC(=O)NCCc1nc2ccccc2n1CCCCOc1cc(C)ccc1C. The zero-order valence-electron chi connectivity index (χ0n) is 18.4. The molecule has 0 aliphatic heterocycles. The van der Waals surface area contributed by atoms with Crippen molar-refractivity contribution in [1.29, 1.82) is 0 Å². The predicted molar refractivity (Wildman–Crippen MR) is 122 cm³/mol. The van der Waals surface area contributed by atoms with Gasteiger partial charge in [-0.25, -0.2) is 4.98 Å². The van der Waals surface area contributed by atoms with Crippen molar-refractivity contribution < 1.29 is 9.53 Å². The summed E-state index contributed by atoms with van der Waals surface area (Å²) in [5.74, 6) is 2.12. The molecule has 0 radical (unpaired) electrons. The average Bonchev–Trinajstić information content (AvgIpc) is 3.08. The van der Waals surface area contributed by atoms with Crippen LogP contribution in [0.4, 0.5) is 0 Å². The van der Waals surface area contributed by atoms with Crippen molar-refractivity contribution in [1.82, 2.24) is 14.9 Å². The fourth-order valence-electron chi connectivity index (χ4n) is 3.61. The lowest BCUT2D eigenvalue weighted by molar-refractivity contribution is -0.121. The van der Waals surface area contributed by atoms with E-state index < -0.39 is 0 Å². The molecule has 1 aromatic heterocycles. The first kappa shape index (κ1) is 21.9. The number of aryl methyl sites for hydroxylation is 3. The Bertz CT molecular complexity index is 978. The molecule has 0 aliphatic rings. The molecular weight excluding hydrogens is 374 g/mol. The molecule has 3 rings (SSSR count). The van der Waals surface area contributed by atoms with E-state index in [2.05, 4.69) is 60.1 Å². The number of unbranched alkanes of at least 4 members (excludes halogenated alkanes) is 1. The number of ether oxygens (including phenoxy) is 1. The largest absolute Gasteiger partial charge is 0.493 e. The predicted octanol–water partition coefficient (Wildman–Crippen LogP) is 4.97. The molecule has 0 saturated heterocycles. The summed E-state index contributed by atoms with van der Waals surface area (Å²) in [5.41, 5.74) is 4.56. The van der Waals surface area contributed by atoms with Crippen molar-refractivity contribution in [3.8, 4) is 5.75 Å². The number of carbonyl (C=O) groups is 1. The van der Waals surface area contributed by atoms with Gasteiger partial charge in [0.25, 0.3) is 0 Å². The number of imidazole rings is 1. The van der Waals surface area contributed by atoms with Crippen LogP contribution in [0.3, 0.4) is 0 Å². The van der Waals surface area contributed by atoms with Gasteiger partial charge in [0.15, 0.2) is 0 Å². The summed E-state index contributed by atoms with van der Waals surface area (Å²) in [6, 6.07) is 14.6. The van der Waals surface area contributed by atoms with Crippen LogP contribution in [0.25, 0.3) is 11.0 Å². The van der Waals surface area contributed by atoms with E-state index in [1.165, 1.54) is 11.1 Å². The standard InChI is InChI=1S/C25H33N3O2/c1-4-9-25(29)26-15-14-24-27-21-10-5-6-11-22(21)28(24)16-7-8-17-30-23-18-19(2)12-13-20(23)3/h5-6,10-13,18H,4,7-9,14-17H2,1-3H3,(H,26,29). The van der Waals surface area contributed by atoms with Crippen molar-refractivity contribution in [2.75, 3.05) is 13.2 Å². The van der Waals surface area contributed by atoms with Gasteiger partial charge in [-0.1, -0.05) is 31.2 Å². The van der Waals surface area contributed by atoms with Crippen molar-refractivity contribution in [3.05, 3.63) is 59.4 Å². The van der Waals surface area contributed by atoms with E-state index in [9.17, 15) is 4.79 Å². The van der Waals surface area contributed by atoms with Crippen LogP contribution in [0.1, 0.15) is 49.6 Å². The Labute approximate surface area is 179 Å². The van der Waals surface area contributed by atoms with Gasteiger partial charge in [0.2, 0.25) is 5.91 Å². The Morgan fingerprint density at radius 2 is 1.97 bits per heavy atom. The second-order valence-electron chi connectivity index (χ2n) is 7.84. The zero-order valence-corrected chi connectivity index (χ0v) is 18.4. The summed E-state index contributed by atoms with van der Waals surface area (Å²) in [6.45, 7) is 8.41. The van der Waals surface area contributed by atoms with Gasteiger partial charge in [-0.05, 0) is 62.4 Å². The van der Waals surface area contributed by atoms with Crippen molar-refractivity contribution >= 4 is 16.9 Å². The summed E-state index contributed by atoms with van der Waals surface area (Å²) in [5, 5.41) is 3.00. The lowest BCUT2D eigenvalue weighted by Gasteiger charge is -2.12. The Hall–Kier alpha value is -2.82. The topological polar surface area (TPSA) is 56.2 Å². The minimum atomic E-state index is 0.115. The molecule has 0 saturated carbocycles. The summed E-state index contributed by atoms with van der Waals surface area (Å²) in [6.07, 6.45) is 4.18.